The van der Waals surface area contributed by atoms with E-state index < -0.39 is 35.3 Å². The maximum atomic E-state index is 13.1. The first kappa shape index (κ1) is 19.3. The molecule has 0 saturated carbocycles. The second-order valence-corrected chi connectivity index (χ2v) is 6.47. The van der Waals surface area contributed by atoms with Crippen molar-refractivity contribution in [2.45, 2.75) is 52.7 Å². The van der Waals surface area contributed by atoms with E-state index in [1.54, 1.807) is 34.6 Å². The summed E-state index contributed by atoms with van der Waals surface area (Å²) in [6, 6.07) is 2.47. The van der Waals surface area contributed by atoms with Gasteiger partial charge in [-0.25, -0.2) is 4.79 Å². The van der Waals surface area contributed by atoms with E-state index in [1.165, 1.54) is 0 Å². The lowest BCUT2D eigenvalue weighted by atomic mass is 10.1. The standard InChI is InChI=1S/C16H21F3O4/c1-9(2)14(23-15(3,4)5)22-12-8-10(13(20)21)6-7-11(12)16(17,18)19/h6-9,14H,1-5H3,(H,20,21). The molecule has 0 saturated heterocycles. The highest BCUT2D eigenvalue weighted by atomic mass is 19.4. The summed E-state index contributed by atoms with van der Waals surface area (Å²) in [4.78, 5) is 11.0. The molecule has 0 aliphatic heterocycles. The summed E-state index contributed by atoms with van der Waals surface area (Å²) in [5.74, 6) is -2.12. The molecule has 1 atom stereocenters. The number of carboxylic acid groups (broad SMARTS) is 1. The molecule has 1 aromatic rings. The Bertz CT molecular complexity index is 559. The van der Waals surface area contributed by atoms with Crippen LogP contribution in [0.4, 0.5) is 13.2 Å². The van der Waals surface area contributed by atoms with Gasteiger partial charge in [0.2, 0.25) is 6.29 Å². The Morgan fingerprint density at radius 3 is 2.13 bits per heavy atom. The van der Waals surface area contributed by atoms with Crippen LogP contribution in [0.1, 0.15) is 50.5 Å². The number of halogens is 3. The number of hydrogen-bond donors (Lipinski definition) is 1. The van der Waals surface area contributed by atoms with Gasteiger partial charge in [0.1, 0.15) is 5.75 Å². The molecule has 4 nitrogen and oxygen atoms in total. The normalized spacial score (nSPS) is 14.0. The molecule has 0 aromatic heterocycles. The van der Waals surface area contributed by atoms with E-state index >= 15 is 0 Å². The van der Waals surface area contributed by atoms with Gasteiger partial charge in [0.15, 0.2) is 0 Å². The summed E-state index contributed by atoms with van der Waals surface area (Å²) >= 11 is 0. The van der Waals surface area contributed by atoms with Crippen molar-refractivity contribution in [1.82, 2.24) is 0 Å². The number of rotatable bonds is 5. The van der Waals surface area contributed by atoms with Crippen LogP contribution < -0.4 is 4.74 Å². The largest absolute Gasteiger partial charge is 0.478 e. The third kappa shape index (κ3) is 5.74. The summed E-state index contributed by atoms with van der Waals surface area (Å²) in [6.07, 6.45) is -5.60. The molecule has 1 aromatic carbocycles. The number of benzene rings is 1. The monoisotopic (exact) mass is 334 g/mol. The number of aromatic carboxylic acids is 1. The lowest BCUT2D eigenvalue weighted by Crippen LogP contribution is -2.35. The van der Waals surface area contributed by atoms with Crippen LogP contribution in [0.25, 0.3) is 0 Å². The highest BCUT2D eigenvalue weighted by Crippen LogP contribution is 2.38. The van der Waals surface area contributed by atoms with Crippen molar-refractivity contribution in [2.75, 3.05) is 0 Å². The molecule has 0 aliphatic carbocycles. The number of carboxylic acids is 1. The Labute approximate surface area is 133 Å². The first-order valence-corrected chi connectivity index (χ1v) is 7.10. The second-order valence-electron chi connectivity index (χ2n) is 6.47. The van der Waals surface area contributed by atoms with E-state index in [1.807, 2.05) is 0 Å². The SMILES string of the molecule is CC(C)C(Oc1cc(C(=O)O)ccc1C(F)(F)F)OC(C)(C)C. The lowest BCUT2D eigenvalue weighted by molar-refractivity contribution is -0.176. The molecule has 1 unspecified atom stereocenters. The van der Waals surface area contributed by atoms with Crippen LogP contribution in [0.2, 0.25) is 0 Å². The molecular weight excluding hydrogens is 313 g/mol. The molecule has 0 bridgehead atoms. The van der Waals surface area contributed by atoms with Crippen molar-refractivity contribution in [1.29, 1.82) is 0 Å². The minimum Gasteiger partial charge on any atom is -0.478 e. The Hall–Kier alpha value is -1.76. The Morgan fingerprint density at radius 2 is 1.74 bits per heavy atom. The van der Waals surface area contributed by atoms with Crippen LogP contribution in [-0.2, 0) is 10.9 Å². The van der Waals surface area contributed by atoms with E-state index in [-0.39, 0.29) is 11.5 Å². The molecule has 7 heteroatoms. The molecule has 0 radical (unpaired) electrons. The Morgan fingerprint density at radius 1 is 1.17 bits per heavy atom. The quantitative estimate of drug-likeness (QED) is 0.801. The van der Waals surface area contributed by atoms with Gasteiger partial charge in [-0.2, -0.15) is 13.2 Å². The zero-order valence-electron chi connectivity index (χ0n) is 13.7. The number of ether oxygens (including phenoxy) is 2. The predicted octanol–water partition coefficient (Wildman–Crippen LogP) is 4.58. The topological polar surface area (TPSA) is 55.8 Å². The van der Waals surface area contributed by atoms with Crippen LogP contribution in [0.15, 0.2) is 18.2 Å². The third-order valence-electron chi connectivity index (χ3n) is 2.79. The number of carbonyl (C=O) groups is 1. The summed E-state index contributed by atoms with van der Waals surface area (Å²) in [7, 11) is 0. The van der Waals surface area contributed by atoms with Crippen molar-refractivity contribution in [3.8, 4) is 5.75 Å². The van der Waals surface area contributed by atoms with Crippen molar-refractivity contribution < 1.29 is 32.5 Å². The minimum atomic E-state index is -4.66. The molecule has 23 heavy (non-hydrogen) atoms. The summed E-state index contributed by atoms with van der Waals surface area (Å²) in [5, 5.41) is 8.96. The summed E-state index contributed by atoms with van der Waals surface area (Å²) in [6.45, 7) is 8.74. The summed E-state index contributed by atoms with van der Waals surface area (Å²) < 4.78 is 50.3. The number of alkyl halides is 3. The van der Waals surface area contributed by atoms with E-state index in [9.17, 15) is 18.0 Å². The average Bonchev–Trinajstić information content (AvgIpc) is 2.34. The predicted molar refractivity (Wildman–Crippen MR) is 78.5 cm³/mol. The first-order chi connectivity index (χ1) is 10.3. The van der Waals surface area contributed by atoms with Crippen molar-refractivity contribution in [3.63, 3.8) is 0 Å². The van der Waals surface area contributed by atoms with Gasteiger partial charge in [0.25, 0.3) is 0 Å². The van der Waals surface area contributed by atoms with E-state index in [0.717, 1.165) is 12.1 Å². The van der Waals surface area contributed by atoms with Crippen molar-refractivity contribution >= 4 is 5.97 Å². The summed E-state index contributed by atoms with van der Waals surface area (Å²) in [5.41, 5.74) is -1.95. The molecule has 0 aliphatic rings. The second kappa shape index (κ2) is 6.78. The maximum absolute atomic E-state index is 13.1. The van der Waals surface area contributed by atoms with Crippen LogP contribution in [0.3, 0.4) is 0 Å². The van der Waals surface area contributed by atoms with Crippen LogP contribution in [0, 0.1) is 5.92 Å². The van der Waals surface area contributed by atoms with E-state index in [4.69, 9.17) is 14.6 Å². The van der Waals surface area contributed by atoms with Gasteiger partial charge in [0.05, 0.1) is 16.7 Å². The van der Waals surface area contributed by atoms with Crippen LogP contribution >= 0.6 is 0 Å². The smallest absolute Gasteiger partial charge is 0.419 e. The van der Waals surface area contributed by atoms with Gasteiger partial charge < -0.3 is 14.6 Å². The zero-order valence-corrected chi connectivity index (χ0v) is 13.7. The molecule has 0 fully saturated rings. The van der Waals surface area contributed by atoms with Crippen molar-refractivity contribution in [3.05, 3.63) is 29.3 Å². The molecule has 1 rings (SSSR count). The van der Waals surface area contributed by atoms with Gasteiger partial charge in [-0.1, -0.05) is 13.8 Å². The maximum Gasteiger partial charge on any atom is 0.419 e. The molecule has 0 amide bonds. The Balaban J connectivity index is 3.26. The van der Waals surface area contributed by atoms with Gasteiger partial charge in [-0.15, -0.1) is 0 Å². The molecule has 0 spiro atoms. The van der Waals surface area contributed by atoms with E-state index in [0.29, 0.717) is 6.07 Å². The van der Waals surface area contributed by atoms with Crippen LogP contribution in [-0.4, -0.2) is 23.0 Å². The fraction of sp³-hybridized carbons (Fsp3) is 0.562. The molecular formula is C16H21F3O4. The molecule has 130 valence electrons. The highest BCUT2D eigenvalue weighted by molar-refractivity contribution is 5.88. The van der Waals surface area contributed by atoms with Crippen LogP contribution in [0.5, 0.6) is 5.75 Å². The average molecular weight is 334 g/mol. The minimum absolute atomic E-state index is 0.233. The Kier molecular flexibility index (Phi) is 5.69. The fourth-order valence-electron chi connectivity index (χ4n) is 1.76. The van der Waals surface area contributed by atoms with Gasteiger partial charge in [-0.05, 0) is 39.0 Å². The van der Waals surface area contributed by atoms with Crippen molar-refractivity contribution in [2.24, 2.45) is 5.92 Å². The molecule has 0 heterocycles. The first-order valence-electron chi connectivity index (χ1n) is 7.10. The van der Waals surface area contributed by atoms with Gasteiger partial charge >= 0.3 is 12.1 Å². The van der Waals surface area contributed by atoms with Gasteiger partial charge in [-0.3, -0.25) is 0 Å². The highest BCUT2D eigenvalue weighted by Gasteiger charge is 2.36. The zero-order chi connectivity index (χ0) is 18.0. The third-order valence-corrected chi connectivity index (χ3v) is 2.79. The fourth-order valence-corrected chi connectivity index (χ4v) is 1.76. The molecule has 1 N–H and O–H groups in total. The van der Waals surface area contributed by atoms with Gasteiger partial charge in [0, 0.05) is 5.92 Å². The lowest BCUT2D eigenvalue weighted by Gasteiger charge is -2.31. The van der Waals surface area contributed by atoms with E-state index in [2.05, 4.69) is 0 Å². The number of hydrogen-bond acceptors (Lipinski definition) is 3.